The zero-order valence-electron chi connectivity index (χ0n) is 14.0. The number of rotatable bonds is 7. The van der Waals surface area contributed by atoms with Gasteiger partial charge in [0.15, 0.2) is 0 Å². The fourth-order valence-corrected chi connectivity index (χ4v) is 2.32. The molecule has 0 unspecified atom stereocenters. The Labute approximate surface area is 146 Å². The van der Waals surface area contributed by atoms with Crippen LogP contribution in [0.3, 0.4) is 0 Å². The third kappa shape index (κ3) is 5.61. The van der Waals surface area contributed by atoms with Crippen LogP contribution in [0.4, 0.5) is 8.78 Å². The van der Waals surface area contributed by atoms with Gasteiger partial charge in [-0.25, -0.2) is 8.78 Å². The maximum Gasteiger partial charge on any atom is 0.144 e. The molecule has 0 aliphatic heterocycles. The lowest BCUT2D eigenvalue weighted by atomic mass is 10.1. The minimum Gasteiger partial charge on any atom is -0.205 e. The Morgan fingerprint density at radius 1 is 0.960 bits per heavy atom. The fourth-order valence-electron chi connectivity index (χ4n) is 2.32. The summed E-state index contributed by atoms with van der Waals surface area (Å²) in [5.41, 5.74) is 1.79. The number of hydrogen-bond acceptors (Lipinski definition) is 3. The van der Waals surface area contributed by atoms with Crippen LogP contribution in [0, 0.1) is 23.0 Å². The average Bonchev–Trinajstić information content (AvgIpc) is 2.60. The Balaban J connectivity index is 1.96. The van der Waals surface area contributed by atoms with Crippen LogP contribution in [0.25, 0.3) is 0 Å². The zero-order chi connectivity index (χ0) is 18.1. The van der Waals surface area contributed by atoms with Gasteiger partial charge in [0.25, 0.3) is 0 Å². The number of benzene rings is 2. The highest BCUT2D eigenvalue weighted by Gasteiger charge is 2.09. The molecule has 2 aromatic rings. The van der Waals surface area contributed by atoms with Crippen molar-refractivity contribution in [1.82, 2.24) is 0 Å². The number of aryl methyl sites for hydroxylation is 1. The third-order valence-corrected chi connectivity index (χ3v) is 3.71. The highest BCUT2D eigenvalue weighted by molar-refractivity contribution is 5.82. The molecule has 0 aliphatic carbocycles. The van der Waals surface area contributed by atoms with Crippen molar-refractivity contribution >= 4 is 12.4 Å². The summed E-state index contributed by atoms with van der Waals surface area (Å²) < 4.78 is 26.9. The second-order valence-electron chi connectivity index (χ2n) is 5.66. The van der Waals surface area contributed by atoms with Crippen molar-refractivity contribution < 1.29 is 8.78 Å². The van der Waals surface area contributed by atoms with E-state index >= 15 is 0 Å². The largest absolute Gasteiger partial charge is 0.205 e. The van der Waals surface area contributed by atoms with Crippen LogP contribution < -0.4 is 0 Å². The Hall–Kier alpha value is -2.87. The molecule has 0 radical (unpaired) electrons. The lowest BCUT2D eigenvalue weighted by Gasteiger charge is -2.00. The van der Waals surface area contributed by atoms with Crippen LogP contribution in [0.5, 0.6) is 0 Å². The van der Waals surface area contributed by atoms with Gasteiger partial charge in [-0.2, -0.15) is 15.5 Å². The van der Waals surface area contributed by atoms with Crippen LogP contribution in [-0.4, -0.2) is 12.4 Å². The van der Waals surface area contributed by atoms with Gasteiger partial charge in [-0.3, -0.25) is 0 Å². The Bertz CT molecular complexity index is 780. The highest BCUT2D eigenvalue weighted by Crippen LogP contribution is 2.13. The number of nitrogens with zero attached hydrogens (tertiary/aromatic N) is 3. The van der Waals surface area contributed by atoms with Crippen LogP contribution >= 0.6 is 0 Å². The van der Waals surface area contributed by atoms with Gasteiger partial charge in [0, 0.05) is 5.56 Å². The van der Waals surface area contributed by atoms with E-state index < -0.39 is 17.2 Å². The molecule has 0 aromatic heterocycles. The monoisotopic (exact) mass is 339 g/mol. The second kappa shape index (κ2) is 9.43. The first-order valence-electron chi connectivity index (χ1n) is 8.18. The number of hydrogen-bond donors (Lipinski definition) is 0. The van der Waals surface area contributed by atoms with Crippen LogP contribution in [0.15, 0.2) is 46.6 Å². The van der Waals surface area contributed by atoms with E-state index in [9.17, 15) is 8.78 Å². The Morgan fingerprint density at radius 2 is 1.56 bits per heavy atom. The molecular formula is C20H19F2N3. The molecule has 0 aliphatic rings. The van der Waals surface area contributed by atoms with Crippen LogP contribution in [0.1, 0.15) is 48.4 Å². The predicted molar refractivity (Wildman–Crippen MR) is 95.9 cm³/mol. The van der Waals surface area contributed by atoms with Crippen molar-refractivity contribution in [3.63, 3.8) is 0 Å². The quantitative estimate of drug-likeness (QED) is 0.397. The lowest BCUT2D eigenvalue weighted by Crippen LogP contribution is -1.93. The van der Waals surface area contributed by atoms with Gasteiger partial charge in [-0.1, -0.05) is 44.0 Å². The van der Waals surface area contributed by atoms with Gasteiger partial charge in [0.05, 0.1) is 12.4 Å². The molecule has 3 nitrogen and oxygen atoms in total. The summed E-state index contributed by atoms with van der Waals surface area (Å²) >= 11 is 0. The van der Waals surface area contributed by atoms with E-state index in [1.807, 2.05) is 12.1 Å². The SMILES string of the molecule is CCCCCc1ccc(/C=N/N=C/c2cc(F)c(C#N)c(F)c2)cc1. The number of unbranched alkanes of at least 4 members (excludes halogenated alkanes) is 2. The fraction of sp³-hybridized carbons (Fsp3) is 0.250. The molecule has 2 rings (SSSR count). The maximum absolute atomic E-state index is 13.5. The second-order valence-corrected chi connectivity index (χ2v) is 5.66. The van der Waals surface area contributed by atoms with Crippen molar-refractivity contribution in [1.29, 1.82) is 5.26 Å². The van der Waals surface area contributed by atoms with Crippen molar-refractivity contribution in [2.45, 2.75) is 32.6 Å². The smallest absolute Gasteiger partial charge is 0.144 e. The molecule has 0 saturated carbocycles. The average molecular weight is 339 g/mol. The normalized spacial score (nSPS) is 11.3. The zero-order valence-corrected chi connectivity index (χ0v) is 14.0. The highest BCUT2D eigenvalue weighted by atomic mass is 19.1. The van der Waals surface area contributed by atoms with E-state index in [4.69, 9.17) is 5.26 Å². The van der Waals surface area contributed by atoms with Gasteiger partial charge in [0.1, 0.15) is 23.3 Å². The van der Waals surface area contributed by atoms with E-state index in [-0.39, 0.29) is 5.56 Å². The van der Waals surface area contributed by atoms with E-state index in [2.05, 4.69) is 29.3 Å². The molecule has 5 heteroatoms. The first-order chi connectivity index (χ1) is 12.1. The summed E-state index contributed by atoms with van der Waals surface area (Å²) in [4.78, 5) is 0. The van der Waals surface area contributed by atoms with Crippen molar-refractivity contribution in [3.05, 3.63) is 70.3 Å². The molecule has 0 fully saturated rings. The van der Waals surface area contributed by atoms with Gasteiger partial charge in [0.2, 0.25) is 0 Å². The Kier molecular flexibility index (Phi) is 6.97. The molecule has 0 saturated heterocycles. The number of halogens is 2. The summed E-state index contributed by atoms with van der Waals surface area (Å²) in [7, 11) is 0. The standard InChI is InChI=1S/C20H19F2N3/c1-2-3-4-5-15-6-8-16(9-7-15)13-24-25-14-17-10-19(21)18(12-23)20(22)11-17/h6-11,13-14H,2-5H2,1H3/b24-13+,25-14+. The topological polar surface area (TPSA) is 48.5 Å². The van der Waals surface area contributed by atoms with Crippen molar-refractivity contribution in [2.24, 2.45) is 10.2 Å². The van der Waals surface area contributed by atoms with Crippen molar-refractivity contribution in [3.8, 4) is 6.07 Å². The first-order valence-corrected chi connectivity index (χ1v) is 8.18. The summed E-state index contributed by atoms with van der Waals surface area (Å²) in [6.45, 7) is 2.18. The summed E-state index contributed by atoms with van der Waals surface area (Å²) in [6.07, 6.45) is 7.50. The molecule has 0 atom stereocenters. The van der Waals surface area contributed by atoms with E-state index in [1.165, 1.54) is 37.1 Å². The van der Waals surface area contributed by atoms with Gasteiger partial charge < -0.3 is 0 Å². The van der Waals surface area contributed by atoms with Crippen LogP contribution in [-0.2, 0) is 6.42 Å². The van der Waals surface area contributed by atoms with E-state index in [1.54, 1.807) is 6.21 Å². The van der Waals surface area contributed by atoms with Gasteiger partial charge in [-0.15, -0.1) is 0 Å². The summed E-state index contributed by atoms with van der Waals surface area (Å²) in [5, 5.41) is 16.3. The van der Waals surface area contributed by atoms with Gasteiger partial charge in [-0.05, 0) is 36.1 Å². The Morgan fingerprint density at radius 3 is 2.12 bits per heavy atom. The molecule has 2 aromatic carbocycles. The molecular weight excluding hydrogens is 320 g/mol. The molecule has 0 spiro atoms. The van der Waals surface area contributed by atoms with E-state index in [0.717, 1.165) is 24.1 Å². The molecule has 0 heterocycles. The molecule has 0 amide bonds. The minimum atomic E-state index is -0.911. The molecule has 25 heavy (non-hydrogen) atoms. The molecule has 0 N–H and O–H groups in total. The lowest BCUT2D eigenvalue weighted by molar-refractivity contribution is 0.576. The first kappa shape index (κ1) is 18.5. The van der Waals surface area contributed by atoms with Gasteiger partial charge >= 0.3 is 0 Å². The van der Waals surface area contributed by atoms with Crippen molar-refractivity contribution in [2.75, 3.05) is 0 Å². The minimum absolute atomic E-state index is 0.206. The summed E-state index contributed by atoms with van der Waals surface area (Å²) in [5.74, 6) is -1.82. The number of nitriles is 1. The molecule has 128 valence electrons. The summed E-state index contributed by atoms with van der Waals surface area (Å²) in [6, 6.07) is 11.6. The predicted octanol–water partition coefficient (Wildman–Crippen LogP) is 5.02. The molecule has 0 bridgehead atoms. The third-order valence-electron chi connectivity index (χ3n) is 3.71. The maximum atomic E-state index is 13.5. The van der Waals surface area contributed by atoms with Crippen LogP contribution in [0.2, 0.25) is 0 Å². The van der Waals surface area contributed by atoms with E-state index in [0.29, 0.717) is 0 Å².